The third-order valence-corrected chi connectivity index (χ3v) is 33.1. The van der Waals surface area contributed by atoms with Crippen LogP contribution < -0.4 is 0 Å². The van der Waals surface area contributed by atoms with Gasteiger partial charge in [0.05, 0.1) is 83.0 Å². The Bertz CT molecular complexity index is 3300. The van der Waals surface area contributed by atoms with Gasteiger partial charge in [-0.25, -0.2) is 0 Å². The smallest absolute Gasteiger partial charge is 0.265 e. The fourth-order valence-electron chi connectivity index (χ4n) is 12.9. The number of aliphatic hydroxyl groups excluding tert-OH is 14. The Morgan fingerprint density at radius 1 is 0.168 bits per heavy atom. The largest absolute Gasteiger partial charge is 0.387 e. The zero-order valence-corrected chi connectivity index (χ0v) is 73.0. The standard InChI is InChI=1S/C56H98O49S14/c57-29-36(64)50-92-22(15-106-1-8-113(71,72)73)43(29)99-51-37(65)30(58)45(24(93-51)17-108-3-10-115(77,78)79)101-53-39(67)32(60)47(26(95-53)19-110-5-12-117(83,84)85)103-55-41(69)34(62)49(28(97-55)21-112-7-14-119(89,90)91)105-56-42(70)35(63)48(27(98-56)20-111-6-13-118(86,87)88)104-54-40(68)33(61)46(25(96-54)18-109-4-11-116(80,81)82)102-52-38(66)31(59)44(100-50)23(94-52)16-107-2-9-114(74,75)76/h22-70H,1-21H2,(H,71,72,73)(H,74,75,76)(H,77,78,79)(H,80,81,82)(H,83,84,85)(H,86,87,88)(H,89,90,91)/t22-,23-,24-,25-,26-,27-,28-,29-,30-,31-,32-,33-,34-,35-,36-,37-,38-,39-,40-,41-,42-,43-,44-,45-,46-,47-,48-,49-,50+,51+,52+,53+,54+,55+,56+/m1/s1. The van der Waals surface area contributed by atoms with E-state index in [4.69, 9.17) is 66.3 Å². The first-order valence-electron chi connectivity index (χ1n) is 35.6. The van der Waals surface area contributed by atoms with Gasteiger partial charge in [-0.3, -0.25) is 31.9 Å². The van der Waals surface area contributed by atoms with Crippen LogP contribution in [0.4, 0.5) is 0 Å². The normalized spacial score (nSPS) is 41.0. The van der Waals surface area contributed by atoms with Crippen LogP contribution in [0.15, 0.2) is 0 Å². The van der Waals surface area contributed by atoms with Gasteiger partial charge in [0.1, 0.15) is 128 Å². The number of hydrogen-bond acceptors (Lipinski definition) is 49. The lowest BCUT2D eigenvalue weighted by atomic mass is 9.95. The second-order valence-electron chi connectivity index (χ2n) is 27.9. The molecule has 0 aromatic heterocycles. The quantitative estimate of drug-likeness (QED) is 0.0207. The molecule has 21 saturated heterocycles. The Labute approximate surface area is 712 Å². The van der Waals surface area contributed by atoms with Gasteiger partial charge in [-0.1, -0.05) is 0 Å². The minimum atomic E-state index is -4.70. The highest BCUT2D eigenvalue weighted by Gasteiger charge is 2.60. The second kappa shape index (κ2) is 45.7. The fourth-order valence-corrected chi connectivity index (χ4v) is 26.7. The summed E-state index contributed by atoms with van der Waals surface area (Å²) >= 11 is 4.64. The van der Waals surface area contributed by atoms with Gasteiger partial charge in [-0.2, -0.15) is 141 Å². The number of rotatable bonds is 35. The lowest BCUT2D eigenvalue weighted by Gasteiger charge is -2.50. The predicted octanol–water partition coefficient (Wildman–Crippen LogP) is -10.8. The van der Waals surface area contributed by atoms with Crippen LogP contribution in [0, 0.1) is 0 Å². The summed E-state index contributed by atoms with van der Waals surface area (Å²) in [6.45, 7) is 0. The van der Waals surface area contributed by atoms with Gasteiger partial charge in [0, 0.05) is 80.5 Å². The Hall–Kier alpha value is 0.700. The molecular weight excluding hydrogens is 1910 g/mol. The summed E-state index contributed by atoms with van der Waals surface area (Å²) in [5, 5.41) is 169. The van der Waals surface area contributed by atoms with Gasteiger partial charge in [-0.05, 0) is 0 Å². The van der Waals surface area contributed by atoms with Crippen molar-refractivity contribution in [3.05, 3.63) is 0 Å². The molecule has 0 amide bonds. The van der Waals surface area contributed by atoms with E-state index < -0.39 is 407 Å². The van der Waals surface area contributed by atoms with E-state index in [0.29, 0.717) is 82.3 Å². The molecule has 21 aliphatic heterocycles. The molecule has 21 fully saturated rings. The van der Waals surface area contributed by atoms with Crippen molar-refractivity contribution in [3.8, 4) is 0 Å². The maximum absolute atomic E-state index is 12.2. The molecule has 21 rings (SSSR count). The van der Waals surface area contributed by atoms with Crippen molar-refractivity contribution in [2.75, 3.05) is 121 Å². The topological polar surface area (TPSA) is 793 Å². The van der Waals surface area contributed by atoms with Gasteiger partial charge < -0.3 is 138 Å². The van der Waals surface area contributed by atoms with E-state index in [1.54, 1.807) is 0 Å². The molecule has 700 valence electrons. The van der Waals surface area contributed by atoms with Crippen LogP contribution in [0.3, 0.4) is 0 Å². The lowest BCUT2D eigenvalue weighted by molar-refractivity contribution is -0.389. The van der Waals surface area contributed by atoms with Crippen LogP contribution in [0.1, 0.15) is 0 Å². The third-order valence-electron chi connectivity index (χ3n) is 18.9. The summed E-state index contributed by atoms with van der Waals surface area (Å²) in [4.78, 5) is 0. The molecule has 21 aliphatic rings. The molecule has 0 aromatic carbocycles. The number of hydrogen-bond donors (Lipinski definition) is 21. The number of aliphatic hydroxyl groups is 14. The molecule has 63 heteroatoms. The van der Waals surface area contributed by atoms with Gasteiger partial charge in [0.25, 0.3) is 70.8 Å². The van der Waals surface area contributed by atoms with Crippen molar-refractivity contribution in [3.63, 3.8) is 0 Å². The highest BCUT2D eigenvalue weighted by atomic mass is 32.3. The maximum atomic E-state index is 12.2. The summed E-state index contributed by atoms with van der Waals surface area (Å²) in [5.41, 5.74) is 0. The fraction of sp³-hybridized carbons (Fsp3) is 1.00. The molecule has 21 heterocycles. The minimum Gasteiger partial charge on any atom is -0.387 e. The van der Waals surface area contributed by atoms with Crippen LogP contribution in [0.2, 0.25) is 0 Å². The molecule has 0 spiro atoms. The molecule has 49 nitrogen and oxygen atoms in total. The Balaban J connectivity index is 1.24. The van der Waals surface area contributed by atoms with Gasteiger partial charge in [-0.15, -0.1) is 0 Å². The molecule has 0 unspecified atom stereocenters. The van der Waals surface area contributed by atoms with E-state index in [2.05, 4.69) is 0 Å². The summed E-state index contributed by atoms with van der Waals surface area (Å²) < 4.78 is 320. The summed E-state index contributed by atoms with van der Waals surface area (Å²) in [6, 6.07) is 0. The van der Waals surface area contributed by atoms with Crippen molar-refractivity contribution >= 4 is 153 Å². The summed E-state index contributed by atoms with van der Waals surface area (Å²) in [7, 11) is -32.9. The first-order chi connectivity index (χ1) is 55.2. The predicted molar refractivity (Wildman–Crippen MR) is 415 cm³/mol. The molecule has 0 saturated carbocycles. The van der Waals surface area contributed by atoms with Gasteiger partial charge in [0.2, 0.25) is 0 Å². The molecule has 0 radical (unpaired) electrons. The number of ether oxygens (including phenoxy) is 14. The van der Waals surface area contributed by atoms with Gasteiger partial charge >= 0.3 is 0 Å². The summed E-state index contributed by atoms with van der Waals surface area (Å²) in [6.07, 6.45) is -76.8. The minimum absolute atomic E-state index is 0.466. The zero-order chi connectivity index (χ0) is 88.4. The second-order valence-corrected chi connectivity index (χ2v) is 47.0. The van der Waals surface area contributed by atoms with Crippen LogP contribution in [0.25, 0.3) is 0 Å². The van der Waals surface area contributed by atoms with E-state index in [-0.39, 0.29) is 0 Å². The molecule has 0 aromatic rings. The third kappa shape index (κ3) is 32.0. The van der Waals surface area contributed by atoms with Crippen molar-refractivity contribution in [1.82, 2.24) is 0 Å². The Kier molecular flexibility index (Phi) is 40.3. The molecular formula is C56H98O49S14. The van der Waals surface area contributed by atoms with Crippen molar-refractivity contribution in [2.24, 2.45) is 0 Å². The van der Waals surface area contributed by atoms with Crippen molar-refractivity contribution < 1.29 is 229 Å². The van der Waals surface area contributed by atoms with Gasteiger partial charge in [0.15, 0.2) is 44.0 Å². The van der Waals surface area contributed by atoms with E-state index in [0.717, 1.165) is 0 Å². The number of thioether (sulfide) groups is 7. The van der Waals surface area contributed by atoms with Crippen LogP contribution in [-0.2, 0) is 137 Å². The van der Waals surface area contributed by atoms with E-state index in [9.17, 15) is 162 Å². The Morgan fingerprint density at radius 3 is 0.361 bits per heavy atom. The van der Waals surface area contributed by atoms with E-state index in [1.165, 1.54) is 0 Å². The maximum Gasteiger partial charge on any atom is 0.265 e. The van der Waals surface area contributed by atoms with E-state index >= 15 is 0 Å². The first-order valence-corrected chi connectivity index (χ1v) is 54.9. The van der Waals surface area contributed by atoms with Crippen LogP contribution in [-0.4, -0.2) is 498 Å². The first kappa shape index (κ1) is 105. The van der Waals surface area contributed by atoms with Crippen LogP contribution in [0.5, 0.6) is 0 Å². The van der Waals surface area contributed by atoms with Crippen molar-refractivity contribution in [2.45, 2.75) is 215 Å². The average molecular weight is 2000 g/mol. The van der Waals surface area contributed by atoms with Crippen molar-refractivity contribution in [1.29, 1.82) is 0 Å². The monoisotopic (exact) mass is 2000 g/mol. The Morgan fingerprint density at radius 2 is 0.269 bits per heavy atom. The van der Waals surface area contributed by atoms with E-state index in [1.807, 2.05) is 0 Å². The lowest BCUT2D eigenvalue weighted by Crippen LogP contribution is -2.68. The highest BCUT2D eigenvalue weighted by Crippen LogP contribution is 2.42. The highest BCUT2D eigenvalue weighted by molar-refractivity contribution is 8.02. The van der Waals surface area contributed by atoms with Crippen LogP contribution >= 0.6 is 82.3 Å². The zero-order valence-electron chi connectivity index (χ0n) is 61.6. The average Bonchev–Trinajstić information content (AvgIpc) is 0.855. The molecule has 21 N–H and O–H groups in total. The summed E-state index contributed by atoms with van der Waals surface area (Å²) in [5.74, 6) is -13.7. The SMILES string of the molecule is O=S(=O)(O)CCSC[C@H]1O[C@H]2O[C@H]3[C@H](O)[C@@H](O)[C@H](O[C@H]4[C@H](O)[C@@H](O)[C@H](O[C@H]5[C@H](O)[C@@H](O)[C@H](O[C@H]6[C@H](O)[C@@H](O)[C@H](O[C@H]7[C@H](O)[C@@H](O)[C@H](O[C@H]8[C@H](O)[C@@H](O)[C@H](O[C@H]1[C@H](O)[C@H]2O)O[C@@H]8CSCCS(=O)(=O)O)O[C@@H]7CSCCS(=O)(=O)O)O[C@@H]6CSCCS(=O)(=O)O)O[C@@H]5CSCCS(=O)(=O)O)O[C@@H]4CSCCS(=O)(=O)O)O[C@@H]3CSCCS(=O)(=O)O. The molecule has 35 atom stereocenters. The molecule has 14 bridgehead atoms. The molecule has 119 heavy (non-hydrogen) atoms. The molecule has 0 aliphatic carbocycles.